The molecule has 0 radical (unpaired) electrons. The first-order valence-electron chi connectivity index (χ1n) is 4.91. The molecule has 2 amide bonds. The van der Waals surface area contributed by atoms with Crippen LogP contribution >= 0.6 is 0 Å². The molecule has 1 N–H and O–H groups in total. The van der Waals surface area contributed by atoms with Gasteiger partial charge in [0.15, 0.2) is 0 Å². The molecule has 0 aliphatic rings. The Kier molecular flexibility index (Phi) is 4.15. The largest absolute Gasteiger partial charge is 0.416 e. The number of amides is 2. The van der Waals surface area contributed by atoms with Gasteiger partial charge in [0, 0.05) is 12.7 Å². The van der Waals surface area contributed by atoms with E-state index in [0.29, 0.717) is 0 Å². The Morgan fingerprint density at radius 3 is 2.72 bits per heavy atom. The number of anilines is 1. The van der Waals surface area contributed by atoms with E-state index < -0.39 is 17.8 Å². The topological polar surface area (TPSA) is 56.1 Å². The molecule has 0 atom stereocenters. The first-order chi connectivity index (χ1) is 8.34. The summed E-state index contributed by atoms with van der Waals surface area (Å²) in [4.78, 5) is 12.5. The van der Waals surface area contributed by atoms with Gasteiger partial charge in [0.1, 0.15) is 6.54 Å². The third-order valence-corrected chi connectivity index (χ3v) is 2.10. The van der Waals surface area contributed by atoms with E-state index in [9.17, 15) is 18.0 Å². The van der Waals surface area contributed by atoms with E-state index in [1.54, 1.807) is 6.07 Å². The molecule has 0 spiro atoms. The second-order valence-electron chi connectivity index (χ2n) is 3.52. The van der Waals surface area contributed by atoms with Crippen molar-refractivity contribution >= 4 is 11.7 Å². The van der Waals surface area contributed by atoms with E-state index >= 15 is 0 Å². The molecule has 1 aromatic rings. The molecule has 4 nitrogen and oxygen atoms in total. The number of carbonyl (C=O) groups excluding carboxylic acids is 1. The van der Waals surface area contributed by atoms with Gasteiger partial charge in [-0.2, -0.15) is 18.4 Å². The summed E-state index contributed by atoms with van der Waals surface area (Å²) in [5, 5.41) is 10.7. The highest BCUT2D eigenvalue weighted by Gasteiger charge is 2.30. The van der Waals surface area contributed by atoms with E-state index in [0.717, 1.165) is 17.0 Å². The van der Waals surface area contributed by atoms with E-state index in [-0.39, 0.29) is 12.2 Å². The second kappa shape index (κ2) is 5.40. The first kappa shape index (κ1) is 13.8. The number of nitriles is 1. The van der Waals surface area contributed by atoms with Gasteiger partial charge in [0.2, 0.25) is 0 Å². The van der Waals surface area contributed by atoms with Crippen LogP contribution in [0, 0.1) is 11.3 Å². The Hall–Kier alpha value is -2.23. The Morgan fingerprint density at radius 1 is 1.50 bits per heavy atom. The number of nitrogens with one attached hydrogen (secondary N) is 1. The van der Waals surface area contributed by atoms with Gasteiger partial charge in [-0.15, -0.1) is 0 Å². The molecule has 0 unspecified atom stereocenters. The van der Waals surface area contributed by atoms with Crippen molar-refractivity contribution < 1.29 is 18.0 Å². The number of benzene rings is 1. The van der Waals surface area contributed by atoms with Crippen LogP contribution in [0.15, 0.2) is 24.3 Å². The SMILES string of the molecule is CN(CC#N)C(=O)Nc1cccc(C(F)(F)F)c1. The van der Waals surface area contributed by atoms with Crippen LogP contribution in [0.3, 0.4) is 0 Å². The molecule has 7 heteroatoms. The summed E-state index contributed by atoms with van der Waals surface area (Å²) in [7, 11) is 1.37. The van der Waals surface area contributed by atoms with Gasteiger partial charge < -0.3 is 10.2 Å². The molecule has 0 fully saturated rings. The van der Waals surface area contributed by atoms with Crippen molar-refractivity contribution in [2.45, 2.75) is 6.18 Å². The lowest BCUT2D eigenvalue weighted by Crippen LogP contribution is -2.31. The predicted octanol–water partition coefficient (Wildman–Crippen LogP) is 2.69. The predicted molar refractivity (Wildman–Crippen MR) is 58.7 cm³/mol. The molecule has 1 aromatic carbocycles. The zero-order valence-electron chi connectivity index (χ0n) is 9.45. The summed E-state index contributed by atoms with van der Waals surface area (Å²) < 4.78 is 37.3. The fourth-order valence-corrected chi connectivity index (χ4v) is 1.17. The van der Waals surface area contributed by atoms with Crippen LogP contribution in [0.2, 0.25) is 0 Å². The quantitative estimate of drug-likeness (QED) is 0.828. The van der Waals surface area contributed by atoms with Crippen LogP contribution in [0.25, 0.3) is 0 Å². The average molecular weight is 257 g/mol. The lowest BCUT2D eigenvalue weighted by molar-refractivity contribution is -0.137. The maximum atomic E-state index is 12.4. The second-order valence-corrected chi connectivity index (χ2v) is 3.52. The van der Waals surface area contributed by atoms with Gasteiger partial charge in [0.05, 0.1) is 11.6 Å². The third-order valence-electron chi connectivity index (χ3n) is 2.10. The standard InChI is InChI=1S/C11H10F3N3O/c1-17(6-5-15)10(18)16-9-4-2-3-8(7-9)11(12,13)14/h2-4,7H,6H2,1H3,(H,16,18). The Balaban J connectivity index is 2.81. The number of halogens is 3. The minimum Gasteiger partial charge on any atom is -0.314 e. The number of rotatable bonds is 2. The maximum absolute atomic E-state index is 12.4. The molecule has 0 saturated heterocycles. The van der Waals surface area contributed by atoms with Crippen molar-refractivity contribution in [2.75, 3.05) is 18.9 Å². The molecule has 18 heavy (non-hydrogen) atoms. The molecular weight excluding hydrogens is 247 g/mol. The van der Waals surface area contributed by atoms with Crippen LogP contribution in [0.5, 0.6) is 0 Å². The summed E-state index contributed by atoms with van der Waals surface area (Å²) in [6.07, 6.45) is -4.46. The van der Waals surface area contributed by atoms with Crippen LogP contribution in [0.1, 0.15) is 5.56 Å². The van der Waals surface area contributed by atoms with Gasteiger partial charge in [-0.05, 0) is 18.2 Å². The van der Waals surface area contributed by atoms with E-state index in [4.69, 9.17) is 5.26 Å². The van der Waals surface area contributed by atoms with E-state index in [1.165, 1.54) is 19.2 Å². The van der Waals surface area contributed by atoms with Crippen LogP contribution < -0.4 is 5.32 Å². The normalized spacial score (nSPS) is 10.6. The van der Waals surface area contributed by atoms with Crippen molar-refractivity contribution in [1.29, 1.82) is 5.26 Å². The number of nitrogens with zero attached hydrogens (tertiary/aromatic N) is 2. The lowest BCUT2D eigenvalue weighted by Gasteiger charge is -2.15. The van der Waals surface area contributed by atoms with Gasteiger partial charge in [-0.25, -0.2) is 4.79 Å². The summed E-state index contributed by atoms with van der Waals surface area (Å²) in [5.41, 5.74) is -0.817. The summed E-state index contributed by atoms with van der Waals surface area (Å²) in [5.74, 6) is 0. The minimum absolute atomic E-state index is 0.0274. The summed E-state index contributed by atoms with van der Waals surface area (Å²) >= 11 is 0. The Labute approximate surface area is 102 Å². The molecule has 0 aliphatic heterocycles. The van der Waals surface area contributed by atoms with E-state index in [2.05, 4.69) is 5.32 Å². The highest BCUT2D eigenvalue weighted by molar-refractivity contribution is 5.89. The minimum atomic E-state index is -4.46. The molecule has 0 aliphatic carbocycles. The van der Waals surface area contributed by atoms with Crippen molar-refractivity contribution in [2.24, 2.45) is 0 Å². The molecule has 0 bridgehead atoms. The van der Waals surface area contributed by atoms with Crippen LogP contribution in [-0.2, 0) is 6.18 Å². The van der Waals surface area contributed by atoms with Gasteiger partial charge in [0.25, 0.3) is 0 Å². The highest BCUT2D eigenvalue weighted by atomic mass is 19.4. The maximum Gasteiger partial charge on any atom is 0.416 e. The van der Waals surface area contributed by atoms with Crippen molar-refractivity contribution in [3.8, 4) is 6.07 Å². The first-order valence-corrected chi connectivity index (χ1v) is 4.91. The molecule has 0 saturated carbocycles. The molecule has 96 valence electrons. The van der Waals surface area contributed by atoms with Crippen molar-refractivity contribution in [1.82, 2.24) is 4.90 Å². The molecular formula is C11H10F3N3O. The molecule has 1 rings (SSSR count). The fourth-order valence-electron chi connectivity index (χ4n) is 1.17. The Bertz CT molecular complexity index is 479. The Morgan fingerprint density at radius 2 is 2.17 bits per heavy atom. The van der Waals surface area contributed by atoms with Crippen molar-refractivity contribution in [3.63, 3.8) is 0 Å². The van der Waals surface area contributed by atoms with Crippen LogP contribution in [0.4, 0.5) is 23.7 Å². The zero-order chi connectivity index (χ0) is 13.8. The number of urea groups is 1. The van der Waals surface area contributed by atoms with Crippen molar-refractivity contribution in [3.05, 3.63) is 29.8 Å². The van der Waals surface area contributed by atoms with Gasteiger partial charge in [-0.3, -0.25) is 0 Å². The molecule has 0 heterocycles. The number of carbonyl (C=O) groups is 1. The van der Waals surface area contributed by atoms with Crippen LogP contribution in [-0.4, -0.2) is 24.5 Å². The summed E-state index contributed by atoms with van der Waals surface area (Å²) in [6.45, 7) is -0.148. The smallest absolute Gasteiger partial charge is 0.314 e. The molecule has 0 aromatic heterocycles. The monoisotopic (exact) mass is 257 g/mol. The number of hydrogen-bond donors (Lipinski definition) is 1. The average Bonchev–Trinajstić information content (AvgIpc) is 2.28. The van der Waals surface area contributed by atoms with Gasteiger partial charge >= 0.3 is 12.2 Å². The number of alkyl halides is 3. The summed E-state index contributed by atoms with van der Waals surface area (Å²) in [6, 6.07) is 5.39. The zero-order valence-corrected chi connectivity index (χ0v) is 9.45. The third kappa shape index (κ3) is 3.66. The van der Waals surface area contributed by atoms with Gasteiger partial charge in [-0.1, -0.05) is 6.07 Å². The fraction of sp³-hybridized carbons (Fsp3) is 0.273. The van der Waals surface area contributed by atoms with E-state index in [1.807, 2.05) is 0 Å². The number of hydrogen-bond acceptors (Lipinski definition) is 2. The highest BCUT2D eigenvalue weighted by Crippen LogP contribution is 2.30. The lowest BCUT2D eigenvalue weighted by atomic mass is 10.2.